The molecule has 0 bridgehead atoms. The van der Waals surface area contributed by atoms with Crippen molar-refractivity contribution in [2.45, 2.75) is 26.7 Å². The number of ketones is 1. The van der Waals surface area contributed by atoms with Crippen LogP contribution in [-0.4, -0.2) is 41.3 Å². The van der Waals surface area contributed by atoms with Gasteiger partial charge in [0, 0.05) is 19.9 Å². The number of amides is 1. The van der Waals surface area contributed by atoms with Crippen molar-refractivity contribution in [1.82, 2.24) is 4.90 Å². The van der Waals surface area contributed by atoms with E-state index < -0.39 is 5.97 Å². The van der Waals surface area contributed by atoms with Crippen LogP contribution in [0.4, 0.5) is 0 Å². The normalized spacial score (nSPS) is 9.28. The molecule has 0 saturated carbocycles. The predicted octanol–water partition coefficient (Wildman–Crippen LogP) is 1.65. The molecule has 0 saturated heterocycles. The SMILES string of the molecule is C=C/C=C\C.CC(=O)CCC(=O)N(C)CC(=O)O. The highest BCUT2D eigenvalue weighted by Gasteiger charge is 2.11. The lowest BCUT2D eigenvalue weighted by molar-refractivity contribution is -0.143. The topological polar surface area (TPSA) is 74.7 Å². The van der Waals surface area contributed by atoms with Gasteiger partial charge in [0.25, 0.3) is 0 Å². The van der Waals surface area contributed by atoms with Crippen molar-refractivity contribution in [2.75, 3.05) is 13.6 Å². The molecule has 0 radical (unpaired) electrons. The molecule has 0 aliphatic heterocycles. The second-order valence-electron chi connectivity index (χ2n) is 3.61. The molecule has 0 atom stereocenters. The van der Waals surface area contributed by atoms with Gasteiger partial charge in [0.05, 0.1) is 0 Å². The van der Waals surface area contributed by atoms with Crippen molar-refractivity contribution >= 4 is 17.7 Å². The van der Waals surface area contributed by atoms with Gasteiger partial charge in [-0.05, 0) is 13.8 Å². The Hall–Kier alpha value is -1.91. The van der Waals surface area contributed by atoms with Crippen LogP contribution in [0.1, 0.15) is 26.7 Å². The van der Waals surface area contributed by atoms with E-state index in [-0.39, 0.29) is 31.1 Å². The molecule has 102 valence electrons. The third-order valence-corrected chi connectivity index (χ3v) is 1.82. The summed E-state index contributed by atoms with van der Waals surface area (Å²) in [6.07, 6.45) is 5.83. The number of hydrogen-bond acceptors (Lipinski definition) is 3. The lowest BCUT2D eigenvalue weighted by atomic mass is 10.2. The molecule has 5 nitrogen and oxygen atoms in total. The molecule has 0 aliphatic rings. The van der Waals surface area contributed by atoms with Gasteiger partial charge in [0.1, 0.15) is 12.3 Å². The summed E-state index contributed by atoms with van der Waals surface area (Å²) >= 11 is 0. The summed E-state index contributed by atoms with van der Waals surface area (Å²) in [5.74, 6) is -1.45. The van der Waals surface area contributed by atoms with Crippen molar-refractivity contribution in [2.24, 2.45) is 0 Å². The number of carboxylic acid groups (broad SMARTS) is 1. The van der Waals surface area contributed by atoms with Crippen molar-refractivity contribution in [3.05, 3.63) is 24.8 Å². The number of rotatable bonds is 6. The second kappa shape index (κ2) is 11.6. The highest BCUT2D eigenvalue weighted by molar-refractivity contribution is 5.85. The maximum absolute atomic E-state index is 11.1. The monoisotopic (exact) mass is 255 g/mol. The highest BCUT2D eigenvalue weighted by Crippen LogP contribution is 1.96. The number of aliphatic carboxylic acids is 1. The van der Waals surface area contributed by atoms with Crippen LogP contribution in [0.25, 0.3) is 0 Å². The number of carbonyl (C=O) groups excluding carboxylic acids is 2. The summed E-state index contributed by atoms with van der Waals surface area (Å²) in [5, 5.41) is 8.35. The molecule has 0 fully saturated rings. The summed E-state index contributed by atoms with van der Waals surface area (Å²) in [7, 11) is 1.40. The minimum atomic E-state index is -1.06. The van der Waals surface area contributed by atoms with E-state index in [0.717, 1.165) is 4.90 Å². The van der Waals surface area contributed by atoms with Crippen molar-refractivity contribution < 1.29 is 19.5 Å². The predicted molar refractivity (Wildman–Crippen MR) is 70.2 cm³/mol. The molecule has 1 amide bonds. The summed E-state index contributed by atoms with van der Waals surface area (Å²) in [5.41, 5.74) is 0. The van der Waals surface area contributed by atoms with Gasteiger partial charge in [-0.2, -0.15) is 0 Å². The van der Waals surface area contributed by atoms with Crippen LogP contribution in [0.2, 0.25) is 0 Å². The summed E-state index contributed by atoms with van der Waals surface area (Å²) in [6, 6.07) is 0. The van der Waals surface area contributed by atoms with Gasteiger partial charge in [-0.1, -0.05) is 24.8 Å². The van der Waals surface area contributed by atoms with Crippen LogP contribution >= 0.6 is 0 Å². The van der Waals surface area contributed by atoms with E-state index in [1.807, 2.05) is 19.1 Å². The summed E-state index contributed by atoms with van der Waals surface area (Å²) in [6.45, 7) is 6.49. The van der Waals surface area contributed by atoms with Crippen molar-refractivity contribution in [1.29, 1.82) is 0 Å². The van der Waals surface area contributed by atoms with E-state index in [1.165, 1.54) is 14.0 Å². The fraction of sp³-hybridized carbons (Fsp3) is 0.462. The molecule has 0 unspecified atom stereocenters. The van der Waals surface area contributed by atoms with Gasteiger partial charge in [-0.25, -0.2) is 0 Å². The zero-order chi connectivity index (χ0) is 14.6. The molecule has 0 aromatic carbocycles. The van der Waals surface area contributed by atoms with Crippen molar-refractivity contribution in [3.8, 4) is 0 Å². The van der Waals surface area contributed by atoms with Gasteiger partial charge in [-0.3, -0.25) is 9.59 Å². The zero-order valence-electron chi connectivity index (χ0n) is 11.2. The first kappa shape index (κ1) is 18.5. The molecular formula is C13H21NO4. The van der Waals surface area contributed by atoms with Gasteiger partial charge in [0.2, 0.25) is 5.91 Å². The Labute approximate surface area is 108 Å². The minimum Gasteiger partial charge on any atom is -0.480 e. The first-order chi connectivity index (χ1) is 8.34. The fourth-order valence-corrected chi connectivity index (χ4v) is 0.901. The molecule has 0 aliphatic carbocycles. The van der Waals surface area contributed by atoms with Gasteiger partial charge < -0.3 is 14.8 Å². The first-order valence-corrected chi connectivity index (χ1v) is 5.54. The van der Waals surface area contributed by atoms with Gasteiger partial charge >= 0.3 is 5.97 Å². The smallest absolute Gasteiger partial charge is 0.323 e. The number of carboxylic acids is 1. The highest BCUT2D eigenvalue weighted by atomic mass is 16.4. The Morgan fingerprint density at radius 2 is 1.83 bits per heavy atom. The lowest BCUT2D eigenvalue weighted by Gasteiger charge is -2.13. The minimum absolute atomic E-state index is 0.0722. The van der Waals surface area contributed by atoms with Crippen LogP contribution in [0, 0.1) is 0 Å². The largest absolute Gasteiger partial charge is 0.480 e. The number of carbonyl (C=O) groups is 3. The van der Waals surface area contributed by atoms with E-state index in [0.29, 0.717) is 0 Å². The second-order valence-corrected chi connectivity index (χ2v) is 3.61. The van der Waals surface area contributed by atoms with E-state index in [4.69, 9.17) is 5.11 Å². The Bertz CT molecular complexity index is 321. The average Bonchev–Trinajstić information content (AvgIpc) is 2.26. The molecule has 0 rings (SSSR count). The van der Waals surface area contributed by atoms with Crippen LogP contribution in [-0.2, 0) is 14.4 Å². The van der Waals surface area contributed by atoms with Crippen LogP contribution in [0.5, 0.6) is 0 Å². The van der Waals surface area contributed by atoms with E-state index in [9.17, 15) is 14.4 Å². The molecule has 0 aromatic rings. The third-order valence-electron chi connectivity index (χ3n) is 1.82. The maximum atomic E-state index is 11.1. The average molecular weight is 255 g/mol. The molecule has 5 heteroatoms. The first-order valence-electron chi connectivity index (χ1n) is 5.54. The maximum Gasteiger partial charge on any atom is 0.323 e. The molecule has 0 spiro atoms. The Kier molecular flexibility index (Phi) is 11.9. The molecular weight excluding hydrogens is 234 g/mol. The standard InChI is InChI=1S/C8H13NO4.C5H8/c1-6(10)3-4-7(11)9(2)5-8(12)13;1-3-5-4-2/h3-5H2,1-2H3,(H,12,13);3-5H,1H2,2H3/b;5-4-. The number of likely N-dealkylation sites (N-methyl/N-ethyl adjacent to an activating group) is 1. The Morgan fingerprint density at radius 1 is 1.28 bits per heavy atom. The summed E-state index contributed by atoms with van der Waals surface area (Å²) in [4.78, 5) is 32.9. The van der Waals surface area contributed by atoms with E-state index >= 15 is 0 Å². The quantitative estimate of drug-likeness (QED) is 0.732. The number of nitrogens with zero attached hydrogens (tertiary/aromatic N) is 1. The number of allylic oxidation sites excluding steroid dienone is 3. The Balaban J connectivity index is 0. The summed E-state index contributed by atoms with van der Waals surface area (Å²) < 4.78 is 0. The molecule has 1 N–H and O–H groups in total. The molecule has 0 heterocycles. The fourth-order valence-electron chi connectivity index (χ4n) is 0.901. The lowest BCUT2D eigenvalue weighted by Crippen LogP contribution is -2.31. The molecule has 18 heavy (non-hydrogen) atoms. The van der Waals surface area contributed by atoms with Gasteiger partial charge in [0.15, 0.2) is 0 Å². The van der Waals surface area contributed by atoms with Gasteiger partial charge in [-0.15, -0.1) is 0 Å². The Morgan fingerprint density at radius 3 is 2.11 bits per heavy atom. The van der Waals surface area contributed by atoms with Crippen LogP contribution < -0.4 is 0 Å². The van der Waals surface area contributed by atoms with E-state index in [1.54, 1.807) is 6.08 Å². The van der Waals surface area contributed by atoms with Crippen LogP contribution in [0.3, 0.4) is 0 Å². The molecule has 0 aromatic heterocycles. The number of hydrogen-bond donors (Lipinski definition) is 1. The van der Waals surface area contributed by atoms with Crippen LogP contribution in [0.15, 0.2) is 24.8 Å². The third kappa shape index (κ3) is 14.1. The zero-order valence-corrected chi connectivity index (χ0v) is 11.2. The number of Topliss-reactive ketones (excluding diaryl/α,β-unsaturated/α-hetero) is 1. The van der Waals surface area contributed by atoms with Crippen molar-refractivity contribution in [3.63, 3.8) is 0 Å². The van der Waals surface area contributed by atoms with E-state index in [2.05, 4.69) is 6.58 Å².